The maximum absolute atomic E-state index is 13.2. The Hall–Kier alpha value is -2.47. The molecule has 2 N–H and O–H groups in total. The number of aromatic nitrogens is 2. The average Bonchev–Trinajstić information content (AvgIpc) is 2.98. The van der Waals surface area contributed by atoms with Crippen molar-refractivity contribution in [1.29, 1.82) is 0 Å². The number of halogens is 1. The van der Waals surface area contributed by atoms with E-state index in [-0.39, 0.29) is 11.9 Å². The highest BCUT2D eigenvalue weighted by Gasteiger charge is 2.15. The van der Waals surface area contributed by atoms with E-state index in [1.807, 2.05) is 30.6 Å². The molecule has 0 saturated carbocycles. The summed E-state index contributed by atoms with van der Waals surface area (Å²) in [4.78, 5) is 4.41. The lowest BCUT2D eigenvalue weighted by atomic mass is 10.1. The zero-order chi connectivity index (χ0) is 16.2. The van der Waals surface area contributed by atoms with Gasteiger partial charge in [0.2, 0.25) is 0 Å². The summed E-state index contributed by atoms with van der Waals surface area (Å²) in [6.07, 6.45) is 1.81. The molecule has 3 rings (SSSR count). The lowest BCUT2D eigenvalue weighted by Gasteiger charge is -2.21. The standard InChI is InChI=1S/C17H17FN4S/c1-19-17(23)21-15(12-6-8-13(18)9-7-12)10-22-11-20-14-4-2-3-5-16(14)22/h2-9,11,15H,10H2,1H3,(H2,19,21,23)/t15-/m0/s1. The maximum atomic E-state index is 13.2. The smallest absolute Gasteiger partial charge is 0.166 e. The van der Waals surface area contributed by atoms with Gasteiger partial charge in [0.1, 0.15) is 5.82 Å². The van der Waals surface area contributed by atoms with Crippen molar-refractivity contribution >= 4 is 28.4 Å². The molecule has 6 heteroatoms. The third-order valence-electron chi connectivity index (χ3n) is 3.71. The van der Waals surface area contributed by atoms with Crippen molar-refractivity contribution in [3.63, 3.8) is 0 Å². The van der Waals surface area contributed by atoms with Crippen molar-refractivity contribution in [2.75, 3.05) is 7.05 Å². The van der Waals surface area contributed by atoms with Crippen LogP contribution in [0.25, 0.3) is 11.0 Å². The first kappa shape index (κ1) is 15.4. The van der Waals surface area contributed by atoms with Crippen molar-refractivity contribution < 1.29 is 4.39 Å². The summed E-state index contributed by atoms with van der Waals surface area (Å²) in [6, 6.07) is 14.3. The highest BCUT2D eigenvalue weighted by atomic mass is 32.1. The second-order valence-electron chi connectivity index (χ2n) is 5.21. The SMILES string of the molecule is CNC(=S)N[C@@H](Cn1cnc2ccccc21)c1ccc(F)cc1. The molecule has 0 spiro atoms. The topological polar surface area (TPSA) is 41.9 Å². The minimum absolute atomic E-state index is 0.0897. The second-order valence-corrected chi connectivity index (χ2v) is 5.62. The maximum Gasteiger partial charge on any atom is 0.166 e. The number of nitrogens with one attached hydrogen (secondary N) is 2. The molecule has 118 valence electrons. The minimum atomic E-state index is -0.253. The summed E-state index contributed by atoms with van der Waals surface area (Å²) < 4.78 is 15.3. The Labute approximate surface area is 139 Å². The van der Waals surface area contributed by atoms with Crippen LogP contribution in [0, 0.1) is 5.82 Å². The number of hydrogen-bond acceptors (Lipinski definition) is 2. The van der Waals surface area contributed by atoms with E-state index < -0.39 is 0 Å². The molecule has 0 aliphatic heterocycles. The van der Waals surface area contributed by atoms with Crippen molar-refractivity contribution in [2.45, 2.75) is 12.6 Å². The van der Waals surface area contributed by atoms with E-state index >= 15 is 0 Å². The molecule has 23 heavy (non-hydrogen) atoms. The van der Waals surface area contributed by atoms with Gasteiger partial charge in [-0.15, -0.1) is 0 Å². The predicted octanol–water partition coefficient (Wildman–Crippen LogP) is 3.01. The van der Waals surface area contributed by atoms with E-state index in [1.165, 1.54) is 12.1 Å². The van der Waals surface area contributed by atoms with Crippen LogP contribution in [0.4, 0.5) is 4.39 Å². The molecule has 2 aromatic carbocycles. The minimum Gasteiger partial charge on any atom is -0.366 e. The number of nitrogens with zero attached hydrogens (tertiary/aromatic N) is 2. The van der Waals surface area contributed by atoms with Gasteiger partial charge in [-0.1, -0.05) is 24.3 Å². The lowest BCUT2D eigenvalue weighted by Crippen LogP contribution is -2.37. The second kappa shape index (κ2) is 6.75. The van der Waals surface area contributed by atoms with Crippen LogP contribution in [-0.2, 0) is 6.54 Å². The Morgan fingerprint density at radius 1 is 1.22 bits per heavy atom. The van der Waals surface area contributed by atoms with Crippen LogP contribution in [0.2, 0.25) is 0 Å². The van der Waals surface area contributed by atoms with Gasteiger partial charge in [-0.25, -0.2) is 9.37 Å². The Morgan fingerprint density at radius 3 is 2.70 bits per heavy atom. The van der Waals surface area contributed by atoms with Crippen LogP contribution < -0.4 is 10.6 Å². The molecule has 0 aliphatic rings. The summed E-state index contributed by atoms with van der Waals surface area (Å²) >= 11 is 5.23. The Morgan fingerprint density at radius 2 is 1.96 bits per heavy atom. The van der Waals surface area contributed by atoms with Crippen LogP contribution >= 0.6 is 12.2 Å². The van der Waals surface area contributed by atoms with E-state index in [4.69, 9.17) is 12.2 Å². The van der Waals surface area contributed by atoms with Gasteiger partial charge in [-0.2, -0.15) is 0 Å². The number of benzene rings is 2. The summed E-state index contributed by atoms with van der Waals surface area (Å²) in [5, 5.41) is 6.71. The molecule has 1 atom stereocenters. The van der Waals surface area contributed by atoms with Crippen LogP contribution in [0.5, 0.6) is 0 Å². The van der Waals surface area contributed by atoms with E-state index in [0.717, 1.165) is 16.6 Å². The van der Waals surface area contributed by atoms with Gasteiger partial charge in [0.15, 0.2) is 5.11 Å². The summed E-state index contributed by atoms with van der Waals surface area (Å²) in [7, 11) is 1.77. The zero-order valence-corrected chi connectivity index (χ0v) is 13.5. The van der Waals surface area contributed by atoms with Crippen molar-refractivity contribution in [2.24, 2.45) is 0 Å². The molecular formula is C17H17FN4S. The first-order valence-electron chi connectivity index (χ1n) is 7.31. The van der Waals surface area contributed by atoms with Gasteiger partial charge in [-0.05, 0) is 42.0 Å². The number of fused-ring (bicyclic) bond motifs is 1. The van der Waals surface area contributed by atoms with Gasteiger partial charge >= 0.3 is 0 Å². The average molecular weight is 328 g/mol. The predicted molar refractivity (Wildman–Crippen MR) is 93.7 cm³/mol. The molecule has 0 aliphatic carbocycles. The van der Waals surface area contributed by atoms with Gasteiger partial charge in [-0.3, -0.25) is 0 Å². The van der Waals surface area contributed by atoms with Gasteiger partial charge in [0, 0.05) is 13.6 Å². The van der Waals surface area contributed by atoms with Crippen LogP contribution in [0.1, 0.15) is 11.6 Å². The quantitative estimate of drug-likeness (QED) is 0.723. The van der Waals surface area contributed by atoms with Crippen LogP contribution in [0.3, 0.4) is 0 Å². The normalized spacial score (nSPS) is 12.1. The van der Waals surface area contributed by atoms with Gasteiger partial charge in [0.25, 0.3) is 0 Å². The molecular weight excluding hydrogens is 311 g/mol. The first-order valence-corrected chi connectivity index (χ1v) is 7.72. The Kier molecular flexibility index (Phi) is 4.52. The van der Waals surface area contributed by atoms with E-state index in [9.17, 15) is 4.39 Å². The number of hydrogen-bond donors (Lipinski definition) is 2. The van der Waals surface area contributed by atoms with Crippen molar-refractivity contribution in [3.05, 3.63) is 66.2 Å². The van der Waals surface area contributed by atoms with Gasteiger partial charge in [0.05, 0.1) is 23.4 Å². The number of imidazole rings is 1. The fraction of sp³-hybridized carbons (Fsp3) is 0.176. The molecule has 0 radical (unpaired) electrons. The summed E-state index contributed by atoms with van der Waals surface area (Å²) in [5.74, 6) is -0.253. The first-order chi connectivity index (χ1) is 11.2. The number of thiocarbonyl (C=S) groups is 1. The summed E-state index contributed by atoms with van der Waals surface area (Å²) in [6.45, 7) is 0.633. The van der Waals surface area contributed by atoms with Crippen LogP contribution in [-0.4, -0.2) is 21.7 Å². The molecule has 0 saturated heterocycles. The molecule has 1 aromatic heterocycles. The molecule has 4 nitrogen and oxygen atoms in total. The van der Waals surface area contributed by atoms with E-state index in [1.54, 1.807) is 19.2 Å². The van der Waals surface area contributed by atoms with Gasteiger partial charge < -0.3 is 15.2 Å². The monoisotopic (exact) mass is 328 g/mol. The fourth-order valence-electron chi connectivity index (χ4n) is 2.51. The van der Waals surface area contributed by atoms with Crippen molar-refractivity contribution in [3.8, 4) is 0 Å². The fourth-order valence-corrected chi connectivity index (χ4v) is 2.65. The Balaban J connectivity index is 1.91. The third-order valence-corrected chi connectivity index (χ3v) is 4.03. The van der Waals surface area contributed by atoms with Crippen molar-refractivity contribution in [1.82, 2.24) is 20.2 Å². The van der Waals surface area contributed by atoms with E-state index in [0.29, 0.717) is 11.7 Å². The highest BCUT2D eigenvalue weighted by Crippen LogP contribution is 2.19. The largest absolute Gasteiger partial charge is 0.366 e. The van der Waals surface area contributed by atoms with Crippen LogP contribution in [0.15, 0.2) is 54.9 Å². The third kappa shape index (κ3) is 3.48. The number of para-hydroxylation sites is 2. The molecule has 0 unspecified atom stereocenters. The molecule has 1 heterocycles. The molecule has 0 amide bonds. The molecule has 0 fully saturated rings. The number of rotatable bonds is 4. The lowest BCUT2D eigenvalue weighted by molar-refractivity contribution is 0.537. The Bertz CT molecular complexity index is 813. The van der Waals surface area contributed by atoms with E-state index in [2.05, 4.69) is 20.2 Å². The summed E-state index contributed by atoms with van der Waals surface area (Å²) in [5.41, 5.74) is 2.96. The zero-order valence-electron chi connectivity index (χ0n) is 12.7. The molecule has 3 aromatic rings. The highest BCUT2D eigenvalue weighted by molar-refractivity contribution is 7.80. The molecule has 0 bridgehead atoms.